The van der Waals surface area contributed by atoms with Gasteiger partial charge in [0.2, 0.25) is 5.95 Å². The van der Waals surface area contributed by atoms with Crippen molar-refractivity contribution in [3.8, 4) is 0 Å². The highest BCUT2D eigenvalue weighted by molar-refractivity contribution is 7.92. The fraction of sp³-hybridized carbons (Fsp3) is 0.667. The van der Waals surface area contributed by atoms with Gasteiger partial charge in [-0.3, -0.25) is 14.4 Å². The number of aromatic nitrogens is 2. The van der Waals surface area contributed by atoms with Crippen LogP contribution in [0.25, 0.3) is 0 Å². The number of carbonyl (C=O) groups excluding carboxylic acids is 2. The number of nitrogens with one attached hydrogen (secondary N) is 2. The van der Waals surface area contributed by atoms with Crippen LogP contribution in [-0.2, 0) is 49.8 Å². The lowest BCUT2D eigenvalue weighted by atomic mass is 10.0. The highest BCUT2D eigenvalue weighted by Crippen LogP contribution is 2.17. The molecule has 4 N–H and O–H groups in total. The number of benzene rings is 1. The van der Waals surface area contributed by atoms with E-state index in [1.165, 1.54) is 76.6 Å². The zero-order valence-electron chi connectivity index (χ0n) is 34.5. The molecule has 1 aromatic carbocycles. The van der Waals surface area contributed by atoms with Gasteiger partial charge in [0.25, 0.3) is 15.9 Å². The predicted molar refractivity (Wildman–Crippen MR) is 222 cm³/mol. The Morgan fingerprint density at radius 2 is 1.07 bits per heavy atom. The van der Waals surface area contributed by atoms with Gasteiger partial charge in [-0.15, -0.1) is 0 Å². The number of carboxylic acid groups (broad SMARTS) is 2. The van der Waals surface area contributed by atoms with Gasteiger partial charge >= 0.3 is 11.9 Å². The lowest BCUT2D eigenvalue weighted by molar-refractivity contribution is -0.143. The van der Waals surface area contributed by atoms with Gasteiger partial charge < -0.3 is 34.5 Å². The standard InChI is InChI=1S/C42H66N4O12S/c47-37(18-16-25-55-27-30-58-34-40(50)51)33-57-29-28-56-26-24-43-41(52)36-31-44-42(45-32-36)46-59(53,54)38-22-20-35(21-23-38)17-14-12-10-8-6-4-2-1-3-5-7-9-11-13-15-19-39(48)49/h20-23,31-32H,1-19,24-30,33-34H2,(H,43,52)(H,48,49)(H,50,51)(H,44,45,46). The molecule has 0 spiro atoms. The molecule has 0 aliphatic carbocycles. The van der Waals surface area contributed by atoms with Crippen molar-refractivity contribution < 1.29 is 56.8 Å². The zero-order chi connectivity index (χ0) is 42.8. The van der Waals surface area contributed by atoms with E-state index in [9.17, 15) is 27.6 Å². The molecule has 332 valence electrons. The van der Waals surface area contributed by atoms with Crippen molar-refractivity contribution in [3.63, 3.8) is 0 Å². The molecular formula is C42H66N4O12S. The molecule has 0 fully saturated rings. The molecule has 0 aliphatic rings. The summed E-state index contributed by atoms with van der Waals surface area (Å²) < 4.78 is 49.0. The molecule has 0 saturated heterocycles. The third-order valence-corrected chi connectivity index (χ3v) is 10.6. The molecule has 1 aromatic heterocycles. The number of ether oxygens (including phenoxy) is 4. The Morgan fingerprint density at radius 1 is 0.559 bits per heavy atom. The Morgan fingerprint density at radius 3 is 1.63 bits per heavy atom. The summed E-state index contributed by atoms with van der Waals surface area (Å²) in [4.78, 5) is 53.3. The summed E-state index contributed by atoms with van der Waals surface area (Å²) in [7, 11) is -3.92. The number of hydrogen-bond donors (Lipinski definition) is 4. The number of ketones is 1. The number of Topliss-reactive ketones (excluding diaryl/α,β-unsaturated/α-hetero) is 1. The Labute approximate surface area is 349 Å². The first-order valence-electron chi connectivity index (χ1n) is 21.0. The number of amides is 1. The van der Waals surface area contributed by atoms with Crippen LogP contribution < -0.4 is 10.0 Å². The van der Waals surface area contributed by atoms with E-state index in [-0.39, 0.29) is 75.0 Å². The van der Waals surface area contributed by atoms with Crippen LogP contribution in [0.4, 0.5) is 5.95 Å². The van der Waals surface area contributed by atoms with Crippen LogP contribution >= 0.6 is 0 Å². The summed E-state index contributed by atoms with van der Waals surface area (Å²) in [6, 6.07) is 6.80. The van der Waals surface area contributed by atoms with Crippen LogP contribution in [-0.4, -0.2) is 112 Å². The first kappa shape index (κ1) is 51.1. The number of sulfonamides is 1. The minimum absolute atomic E-state index is 0.0485. The summed E-state index contributed by atoms with van der Waals surface area (Å²) in [6.07, 6.45) is 22.2. The van der Waals surface area contributed by atoms with E-state index in [4.69, 9.17) is 29.2 Å². The van der Waals surface area contributed by atoms with E-state index >= 15 is 0 Å². The average Bonchev–Trinajstić information content (AvgIpc) is 3.21. The summed E-state index contributed by atoms with van der Waals surface area (Å²) in [6.45, 7) is 1.21. The summed E-state index contributed by atoms with van der Waals surface area (Å²) in [5, 5.41) is 19.8. The number of anilines is 1. The number of nitrogens with zero attached hydrogens (tertiary/aromatic N) is 2. The Balaban J connectivity index is 1.48. The average molecular weight is 851 g/mol. The van der Waals surface area contributed by atoms with Crippen molar-refractivity contribution >= 4 is 39.6 Å². The second kappa shape index (κ2) is 32.8. The van der Waals surface area contributed by atoms with Gasteiger partial charge in [-0.05, 0) is 43.4 Å². The monoisotopic (exact) mass is 850 g/mol. The zero-order valence-corrected chi connectivity index (χ0v) is 35.4. The normalized spacial score (nSPS) is 11.4. The Kier molecular flexibility index (Phi) is 28.4. The molecule has 0 unspecified atom stereocenters. The Bertz CT molecular complexity index is 1560. The summed E-state index contributed by atoms with van der Waals surface area (Å²) in [5.41, 5.74) is 1.23. The van der Waals surface area contributed by atoms with Crippen LogP contribution in [0.1, 0.15) is 131 Å². The topological polar surface area (TPSA) is 230 Å². The van der Waals surface area contributed by atoms with Crippen molar-refractivity contribution in [2.45, 2.75) is 127 Å². The molecule has 0 radical (unpaired) electrons. The van der Waals surface area contributed by atoms with Crippen molar-refractivity contribution in [3.05, 3.63) is 47.8 Å². The van der Waals surface area contributed by atoms with E-state index < -0.39 is 27.9 Å². The van der Waals surface area contributed by atoms with Crippen LogP contribution in [0.5, 0.6) is 0 Å². The molecule has 0 bridgehead atoms. The van der Waals surface area contributed by atoms with Gasteiger partial charge in [0.05, 0.1) is 43.5 Å². The number of carbonyl (C=O) groups is 4. The minimum atomic E-state index is -3.92. The lowest BCUT2D eigenvalue weighted by Crippen LogP contribution is -2.28. The maximum absolute atomic E-state index is 12.9. The van der Waals surface area contributed by atoms with Crippen molar-refractivity contribution in [1.82, 2.24) is 15.3 Å². The van der Waals surface area contributed by atoms with Crippen molar-refractivity contribution in [2.75, 3.05) is 64.1 Å². The number of carboxylic acids is 2. The fourth-order valence-corrected chi connectivity index (χ4v) is 6.94. The van der Waals surface area contributed by atoms with Crippen LogP contribution in [0.2, 0.25) is 0 Å². The fourth-order valence-electron chi connectivity index (χ4n) is 5.98. The number of rotatable bonds is 39. The summed E-state index contributed by atoms with van der Waals surface area (Å²) in [5.74, 6) is -2.42. The number of unbranched alkanes of at least 4 members (excludes halogenated alkanes) is 14. The smallest absolute Gasteiger partial charge is 0.329 e. The van der Waals surface area contributed by atoms with E-state index in [1.807, 2.05) is 12.1 Å². The first-order chi connectivity index (χ1) is 28.6. The first-order valence-corrected chi connectivity index (χ1v) is 22.5. The molecule has 2 rings (SSSR count). The molecule has 16 nitrogen and oxygen atoms in total. The number of hydrogen-bond acceptors (Lipinski definition) is 12. The van der Waals surface area contributed by atoms with Gasteiger partial charge in [0.15, 0.2) is 5.78 Å². The molecule has 17 heteroatoms. The van der Waals surface area contributed by atoms with Crippen molar-refractivity contribution in [2.24, 2.45) is 0 Å². The van der Waals surface area contributed by atoms with E-state index in [2.05, 4.69) is 20.0 Å². The third kappa shape index (κ3) is 27.4. The Hall–Kier alpha value is -4.03. The van der Waals surface area contributed by atoms with E-state index in [0.29, 0.717) is 25.9 Å². The predicted octanol–water partition coefficient (Wildman–Crippen LogP) is 6.38. The van der Waals surface area contributed by atoms with Crippen molar-refractivity contribution in [1.29, 1.82) is 0 Å². The maximum Gasteiger partial charge on any atom is 0.329 e. The number of aliphatic carboxylic acids is 2. The molecule has 2 aromatic rings. The largest absolute Gasteiger partial charge is 0.481 e. The van der Waals surface area contributed by atoms with E-state index in [0.717, 1.165) is 44.1 Å². The van der Waals surface area contributed by atoms with Gasteiger partial charge in [-0.1, -0.05) is 95.6 Å². The molecule has 0 atom stereocenters. The molecule has 59 heavy (non-hydrogen) atoms. The third-order valence-electron chi connectivity index (χ3n) is 9.24. The molecular weight excluding hydrogens is 785 g/mol. The molecule has 0 aliphatic heterocycles. The van der Waals surface area contributed by atoms with Gasteiger partial charge in [-0.25, -0.2) is 27.9 Å². The minimum Gasteiger partial charge on any atom is -0.481 e. The van der Waals surface area contributed by atoms with E-state index in [1.54, 1.807) is 12.1 Å². The maximum atomic E-state index is 12.9. The van der Waals surface area contributed by atoms with Gasteiger partial charge in [0.1, 0.15) is 13.2 Å². The summed E-state index contributed by atoms with van der Waals surface area (Å²) >= 11 is 0. The highest BCUT2D eigenvalue weighted by atomic mass is 32.2. The van der Waals surface area contributed by atoms with Gasteiger partial charge in [-0.2, -0.15) is 0 Å². The highest BCUT2D eigenvalue weighted by Gasteiger charge is 2.16. The molecule has 0 saturated carbocycles. The molecule has 1 amide bonds. The van der Waals surface area contributed by atoms with Crippen LogP contribution in [0.15, 0.2) is 41.6 Å². The van der Waals surface area contributed by atoms with Crippen LogP contribution in [0.3, 0.4) is 0 Å². The second-order valence-electron chi connectivity index (χ2n) is 14.4. The second-order valence-corrected chi connectivity index (χ2v) is 16.0. The SMILES string of the molecule is O=C(O)CCCCCCCCCCCCCCCCCc1ccc(S(=O)(=O)Nc2ncc(C(=O)NCCOCCOCC(=O)CCCOCCOCC(=O)O)cn2)cc1. The van der Waals surface area contributed by atoms with Crippen LogP contribution in [0, 0.1) is 0 Å². The quantitative estimate of drug-likeness (QED) is 0.0536. The lowest BCUT2D eigenvalue weighted by Gasteiger charge is -2.09. The molecule has 1 heterocycles. The van der Waals surface area contributed by atoms with Gasteiger partial charge in [0, 0.05) is 38.4 Å². The number of aryl methyl sites for hydroxylation is 1.